The molecule has 106 valence electrons. The minimum absolute atomic E-state index is 0.0159. The molecule has 0 aromatic heterocycles. The minimum Gasteiger partial charge on any atom is -0.401 e. The van der Waals surface area contributed by atoms with Crippen molar-refractivity contribution in [2.75, 3.05) is 6.54 Å². The first-order valence-electron chi connectivity index (χ1n) is 7.51. The third-order valence-electron chi connectivity index (χ3n) is 4.68. The van der Waals surface area contributed by atoms with Gasteiger partial charge in [-0.2, -0.15) is 0 Å². The third kappa shape index (κ3) is 2.93. The Morgan fingerprint density at radius 2 is 2.05 bits per heavy atom. The van der Waals surface area contributed by atoms with Gasteiger partial charge in [-0.05, 0) is 31.1 Å². The molecule has 0 aliphatic heterocycles. The Balaban J connectivity index is 1.52. The van der Waals surface area contributed by atoms with E-state index < -0.39 is 0 Å². The fourth-order valence-electron chi connectivity index (χ4n) is 3.65. The zero-order chi connectivity index (χ0) is 13.9. The second kappa shape index (κ2) is 5.80. The first kappa shape index (κ1) is 13.4. The molecule has 3 unspecified atom stereocenters. The smallest absolute Gasteiger partial charge is 0.187 e. The summed E-state index contributed by atoms with van der Waals surface area (Å²) in [5, 5.41) is 3.52. The zero-order valence-corrected chi connectivity index (χ0v) is 11.7. The lowest BCUT2D eigenvalue weighted by atomic mass is 9.95. The van der Waals surface area contributed by atoms with Crippen molar-refractivity contribution in [1.82, 2.24) is 5.32 Å². The van der Waals surface area contributed by atoms with Crippen LogP contribution in [0.1, 0.15) is 36.0 Å². The maximum atomic E-state index is 12.0. The van der Waals surface area contributed by atoms with E-state index in [-0.39, 0.29) is 5.78 Å². The van der Waals surface area contributed by atoms with Crippen molar-refractivity contribution < 1.29 is 4.79 Å². The summed E-state index contributed by atoms with van der Waals surface area (Å²) >= 11 is 0. The molecular weight excluding hydrogens is 248 g/mol. The summed E-state index contributed by atoms with van der Waals surface area (Å²) < 4.78 is 0. The Hall–Kier alpha value is -1.61. The summed E-state index contributed by atoms with van der Waals surface area (Å²) in [6, 6.07) is 9.87. The van der Waals surface area contributed by atoms with E-state index in [0.29, 0.717) is 23.8 Å². The van der Waals surface area contributed by atoms with Gasteiger partial charge < -0.3 is 11.1 Å². The summed E-state index contributed by atoms with van der Waals surface area (Å²) in [5.74, 6) is 1.74. The lowest BCUT2D eigenvalue weighted by Gasteiger charge is -2.22. The number of allylic oxidation sites excluding steroid dienone is 1. The topological polar surface area (TPSA) is 55.1 Å². The molecule has 0 saturated heterocycles. The molecule has 1 aromatic rings. The van der Waals surface area contributed by atoms with Gasteiger partial charge in [-0.25, -0.2) is 0 Å². The normalized spacial score (nSPS) is 28.8. The molecule has 0 amide bonds. The van der Waals surface area contributed by atoms with Crippen LogP contribution in [0.4, 0.5) is 0 Å². The van der Waals surface area contributed by atoms with E-state index in [2.05, 4.69) is 5.32 Å². The van der Waals surface area contributed by atoms with Gasteiger partial charge in [-0.3, -0.25) is 4.79 Å². The molecule has 2 aliphatic rings. The van der Waals surface area contributed by atoms with Crippen LogP contribution in [0.3, 0.4) is 0 Å². The van der Waals surface area contributed by atoms with Crippen molar-refractivity contribution in [3.05, 3.63) is 47.7 Å². The molecule has 3 rings (SSSR count). The number of nitrogens with two attached hydrogens (primary N) is 1. The maximum Gasteiger partial charge on any atom is 0.187 e. The van der Waals surface area contributed by atoms with Gasteiger partial charge >= 0.3 is 0 Å². The van der Waals surface area contributed by atoms with Gasteiger partial charge in [-0.15, -0.1) is 0 Å². The fourth-order valence-corrected chi connectivity index (χ4v) is 3.65. The summed E-state index contributed by atoms with van der Waals surface area (Å²) in [4.78, 5) is 12.0. The largest absolute Gasteiger partial charge is 0.401 e. The van der Waals surface area contributed by atoms with E-state index in [0.717, 1.165) is 11.8 Å². The van der Waals surface area contributed by atoms with Crippen LogP contribution in [0.5, 0.6) is 0 Å². The Morgan fingerprint density at radius 3 is 2.70 bits per heavy atom. The predicted octanol–water partition coefficient (Wildman–Crippen LogP) is 2.49. The van der Waals surface area contributed by atoms with Gasteiger partial charge in [0.1, 0.15) is 0 Å². The van der Waals surface area contributed by atoms with Crippen LogP contribution >= 0.6 is 0 Å². The summed E-state index contributed by atoms with van der Waals surface area (Å²) in [6.07, 6.45) is 6.97. The lowest BCUT2D eigenvalue weighted by Crippen LogP contribution is -2.36. The van der Waals surface area contributed by atoms with Crippen LogP contribution < -0.4 is 11.1 Å². The van der Waals surface area contributed by atoms with Gasteiger partial charge in [0, 0.05) is 29.9 Å². The average molecular weight is 270 g/mol. The number of hydrogen-bond acceptors (Lipinski definition) is 3. The molecule has 3 nitrogen and oxygen atoms in total. The van der Waals surface area contributed by atoms with Crippen molar-refractivity contribution in [1.29, 1.82) is 0 Å². The highest BCUT2D eigenvalue weighted by Gasteiger charge is 2.38. The predicted molar refractivity (Wildman–Crippen MR) is 80.3 cm³/mol. The third-order valence-corrected chi connectivity index (χ3v) is 4.68. The Labute approximate surface area is 120 Å². The van der Waals surface area contributed by atoms with E-state index in [1.54, 1.807) is 6.08 Å². The number of nitrogens with one attached hydrogen (secondary N) is 1. The van der Waals surface area contributed by atoms with Crippen molar-refractivity contribution in [3.8, 4) is 0 Å². The van der Waals surface area contributed by atoms with Gasteiger partial charge in [0.15, 0.2) is 5.78 Å². The second-order valence-corrected chi connectivity index (χ2v) is 6.11. The molecule has 0 radical (unpaired) electrons. The molecule has 0 heterocycles. The van der Waals surface area contributed by atoms with Crippen molar-refractivity contribution >= 4 is 5.78 Å². The fraction of sp³-hybridized carbons (Fsp3) is 0.471. The minimum atomic E-state index is -0.0159. The molecule has 2 aliphatic carbocycles. The number of rotatable bonds is 5. The molecule has 3 N–H and O–H groups in total. The quantitative estimate of drug-likeness (QED) is 0.638. The van der Waals surface area contributed by atoms with Gasteiger partial charge in [0.05, 0.1) is 0 Å². The standard InChI is InChI=1S/C17H22N2O/c18-15(10-17(20)13-4-2-1-3-5-13)11-19-16-9-12-6-7-14(16)8-12/h1-5,10,12,14,16,19H,6-9,11,18H2/b15-10-. The monoisotopic (exact) mass is 270 g/mol. The molecule has 1 aromatic carbocycles. The highest BCUT2D eigenvalue weighted by Crippen LogP contribution is 2.44. The molecule has 2 fully saturated rings. The highest BCUT2D eigenvalue weighted by molar-refractivity contribution is 6.04. The van der Waals surface area contributed by atoms with Crippen LogP contribution in [-0.2, 0) is 0 Å². The molecule has 3 heteroatoms. The van der Waals surface area contributed by atoms with Gasteiger partial charge in [0.25, 0.3) is 0 Å². The SMILES string of the molecule is N/C(=C\C(=O)c1ccccc1)CNC1CC2CCC1C2. The number of benzene rings is 1. The molecule has 0 spiro atoms. The van der Waals surface area contributed by atoms with Crippen LogP contribution in [0, 0.1) is 11.8 Å². The highest BCUT2D eigenvalue weighted by atomic mass is 16.1. The summed E-state index contributed by atoms with van der Waals surface area (Å²) in [7, 11) is 0. The number of carbonyl (C=O) groups is 1. The van der Waals surface area contributed by atoms with Crippen LogP contribution in [0.25, 0.3) is 0 Å². The van der Waals surface area contributed by atoms with Crippen LogP contribution in [0.15, 0.2) is 42.1 Å². The van der Waals surface area contributed by atoms with E-state index in [1.807, 2.05) is 30.3 Å². The van der Waals surface area contributed by atoms with Gasteiger partial charge in [0.2, 0.25) is 0 Å². The average Bonchev–Trinajstić information content (AvgIpc) is 3.08. The second-order valence-electron chi connectivity index (χ2n) is 6.11. The lowest BCUT2D eigenvalue weighted by molar-refractivity contribution is 0.104. The van der Waals surface area contributed by atoms with E-state index in [4.69, 9.17) is 5.73 Å². The summed E-state index contributed by atoms with van der Waals surface area (Å²) in [6.45, 7) is 0.618. The molecule has 3 atom stereocenters. The molecular formula is C17H22N2O. The van der Waals surface area contributed by atoms with Crippen molar-refractivity contribution in [2.45, 2.75) is 31.7 Å². The number of ketones is 1. The molecule has 2 saturated carbocycles. The molecule has 20 heavy (non-hydrogen) atoms. The van der Waals surface area contributed by atoms with Gasteiger partial charge in [-0.1, -0.05) is 36.8 Å². The molecule has 2 bridgehead atoms. The van der Waals surface area contributed by atoms with E-state index in [1.165, 1.54) is 25.7 Å². The number of fused-ring (bicyclic) bond motifs is 2. The van der Waals surface area contributed by atoms with E-state index in [9.17, 15) is 4.79 Å². The van der Waals surface area contributed by atoms with E-state index >= 15 is 0 Å². The Bertz CT molecular complexity index is 509. The zero-order valence-electron chi connectivity index (χ0n) is 11.7. The van der Waals surface area contributed by atoms with Crippen LogP contribution in [0.2, 0.25) is 0 Å². The van der Waals surface area contributed by atoms with Crippen molar-refractivity contribution in [3.63, 3.8) is 0 Å². The Kier molecular flexibility index (Phi) is 3.88. The van der Waals surface area contributed by atoms with Crippen LogP contribution in [-0.4, -0.2) is 18.4 Å². The Morgan fingerprint density at radius 1 is 1.25 bits per heavy atom. The maximum absolute atomic E-state index is 12.0. The number of hydrogen-bond donors (Lipinski definition) is 2. The van der Waals surface area contributed by atoms with Crippen molar-refractivity contribution in [2.24, 2.45) is 17.6 Å². The first-order valence-corrected chi connectivity index (χ1v) is 7.51. The number of carbonyl (C=O) groups excluding carboxylic acids is 1. The summed E-state index contributed by atoms with van der Waals surface area (Å²) in [5.41, 5.74) is 7.28. The first-order chi connectivity index (χ1) is 9.72.